The van der Waals surface area contributed by atoms with Crippen molar-refractivity contribution in [3.05, 3.63) is 59.8 Å². The second-order valence-electron chi connectivity index (χ2n) is 6.94. The molecule has 1 fully saturated rings. The van der Waals surface area contributed by atoms with Crippen LogP contribution in [0.4, 0.5) is 0 Å². The first-order valence-corrected chi connectivity index (χ1v) is 9.21. The summed E-state index contributed by atoms with van der Waals surface area (Å²) >= 11 is 0. The second-order valence-corrected chi connectivity index (χ2v) is 6.94. The number of hydrogen-bond donors (Lipinski definition) is 0. The quantitative estimate of drug-likeness (QED) is 0.698. The van der Waals surface area contributed by atoms with Gasteiger partial charge in [0, 0.05) is 36.3 Å². The van der Waals surface area contributed by atoms with Crippen LogP contribution in [-0.2, 0) is 7.05 Å². The van der Waals surface area contributed by atoms with E-state index < -0.39 is 0 Å². The van der Waals surface area contributed by atoms with Crippen molar-refractivity contribution in [3.63, 3.8) is 0 Å². The van der Waals surface area contributed by atoms with E-state index in [9.17, 15) is 4.79 Å². The van der Waals surface area contributed by atoms with Crippen LogP contribution in [0.5, 0.6) is 11.5 Å². The first kappa shape index (κ1) is 17.5. The summed E-state index contributed by atoms with van der Waals surface area (Å²) in [6, 6.07) is 13.8. The first-order chi connectivity index (χ1) is 13.1. The van der Waals surface area contributed by atoms with E-state index in [4.69, 9.17) is 9.47 Å². The lowest BCUT2D eigenvalue weighted by molar-refractivity contribution is 0.0736. The Bertz CT molecular complexity index is 992. The van der Waals surface area contributed by atoms with E-state index in [2.05, 4.69) is 0 Å². The maximum Gasteiger partial charge on any atom is 0.256 e. The van der Waals surface area contributed by atoms with Crippen molar-refractivity contribution in [2.75, 3.05) is 20.8 Å². The van der Waals surface area contributed by atoms with Crippen molar-refractivity contribution in [3.8, 4) is 11.5 Å². The van der Waals surface area contributed by atoms with Crippen molar-refractivity contribution in [1.29, 1.82) is 0 Å². The predicted molar refractivity (Wildman–Crippen MR) is 105 cm³/mol. The lowest BCUT2D eigenvalue weighted by atomic mass is 10.0. The summed E-state index contributed by atoms with van der Waals surface area (Å²) in [5.41, 5.74) is 2.82. The van der Waals surface area contributed by atoms with Gasteiger partial charge in [0.25, 0.3) is 5.91 Å². The highest BCUT2D eigenvalue weighted by atomic mass is 16.5. The number of carbonyl (C=O) groups is 1. The van der Waals surface area contributed by atoms with Gasteiger partial charge in [-0.3, -0.25) is 4.79 Å². The number of hydrogen-bond acceptors (Lipinski definition) is 3. The molecule has 5 nitrogen and oxygen atoms in total. The largest absolute Gasteiger partial charge is 0.497 e. The molecule has 1 aromatic heterocycles. The highest BCUT2D eigenvalue weighted by Gasteiger charge is 2.33. The van der Waals surface area contributed by atoms with Crippen LogP contribution in [0, 0.1) is 0 Å². The highest BCUT2D eigenvalue weighted by molar-refractivity contribution is 6.07. The van der Waals surface area contributed by atoms with E-state index >= 15 is 0 Å². The molecule has 0 spiro atoms. The number of likely N-dealkylation sites (tertiary alicyclic amines) is 1. The van der Waals surface area contributed by atoms with Crippen LogP contribution in [0.15, 0.2) is 48.7 Å². The van der Waals surface area contributed by atoms with Crippen LogP contribution in [0.25, 0.3) is 10.9 Å². The lowest BCUT2D eigenvalue weighted by Gasteiger charge is -2.26. The van der Waals surface area contributed by atoms with E-state index in [1.807, 2.05) is 65.2 Å². The molecule has 1 aliphatic heterocycles. The standard InChI is InChI=1S/C22H24N2O3/c1-23-14-18(16-7-4-5-8-19(16)23)22(25)24-12-6-9-20(24)17-13-15(26-2)10-11-21(17)27-3/h4-5,7-8,10-11,13-14,20H,6,9,12H2,1-3H3. The Hall–Kier alpha value is -2.95. The first-order valence-electron chi connectivity index (χ1n) is 9.21. The zero-order valence-electron chi connectivity index (χ0n) is 15.9. The number of aryl methyl sites for hydroxylation is 1. The summed E-state index contributed by atoms with van der Waals surface area (Å²) in [6.07, 6.45) is 3.83. The smallest absolute Gasteiger partial charge is 0.256 e. The second kappa shape index (κ2) is 6.99. The third-order valence-electron chi connectivity index (χ3n) is 5.44. The fraction of sp³-hybridized carbons (Fsp3) is 0.318. The molecule has 4 rings (SSSR count). The maximum absolute atomic E-state index is 13.5. The number of aromatic nitrogens is 1. The van der Waals surface area contributed by atoms with E-state index in [1.54, 1.807) is 14.2 Å². The maximum atomic E-state index is 13.5. The van der Waals surface area contributed by atoms with Crippen LogP contribution in [0.2, 0.25) is 0 Å². The van der Waals surface area contributed by atoms with Crippen molar-refractivity contribution in [2.24, 2.45) is 7.05 Å². The van der Waals surface area contributed by atoms with Crippen LogP contribution in [0.1, 0.15) is 34.8 Å². The highest BCUT2D eigenvalue weighted by Crippen LogP contribution is 2.40. The van der Waals surface area contributed by atoms with Crippen molar-refractivity contribution < 1.29 is 14.3 Å². The van der Waals surface area contributed by atoms with Gasteiger partial charge < -0.3 is 18.9 Å². The molecule has 0 saturated carbocycles. The molecule has 1 saturated heterocycles. The van der Waals surface area contributed by atoms with Crippen molar-refractivity contribution in [1.82, 2.24) is 9.47 Å². The summed E-state index contributed by atoms with van der Waals surface area (Å²) in [4.78, 5) is 15.4. The third kappa shape index (κ3) is 2.93. The van der Waals surface area contributed by atoms with Gasteiger partial charge in [-0.2, -0.15) is 0 Å². The Morgan fingerprint density at radius 3 is 2.70 bits per heavy atom. The molecule has 2 aromatic carbocycles. The van der Waals surface area contributed by atoms with Crippen LogP contribution in [-0.4, -0.2) is 36.1 Å². The molecule has 1 amide bonds. The molecule has 140 valence electrons. The Balaban J connectivity index is 1.74. The summed E-state index contributed by atoms with van der Waals surface area (Å²) in [6.45, 7) is 0.743. The monoisotopic (exact) mass is 364 g/mol. The van der Waals surface area contributed by atoms with Gasteiger partial charge in [-0.05, 0) is 37.1 Å². The van der Waals surface area contributed by atoms with E-state index in [0.29, 0.717) is 0 Å². The predicted octanol–water partition coefficient (Wildman–Crippen LogP) is 4.17. The van der Waals surface area contributed by atoms with Gasteiger partial charge in [0.2, 0.25) is 0 Å². The molecule has 0 aliphatic carbocycles. The normalized spacial score (nSPS) is 16.7. The number of ether oxygens (including phenoxy) is 2. The average molecular weight is 364 g/mol. The van der Waals surface area contributed by atoms with Crippen molar-refractivity contribution in [2.45, 2.75) is 18.9 Å². The van der Waals surface area contributed by atoms with E-state index in [1.165, 1.54) is 0 Å². The van der Waals surface area contributed by atoms with E-state index in [0.717, 1.165) is 52.9 Å². The molecule has 1 aliphatic rings. The van der Waals surface area contributed by atoms with E-state index in [-0.39, 0.29) is 11.9 Å². The number of nitrogens with zero attached hydrogens (tertiary/aromatic N) is 2. The lowest BCUT2D eigenvalue weighted by Crippen LogP contribution is -2.30. The third-order valence-corrected chi connectivity index (χ3v) is 5.44. The molecular weight excluding hydrogens is 340 g/mol. The molecule has 3 aromatic rings. The Labute approximate surface area is 159 Å². The number of benzene rings is 2. The van der Waals surface area contributed by atoms with Crippen LogP contribution >= 0.6 is 0 Å². The SMILES string of the molecule is COc1ccc(OC)c(C2CCCN2C(=O)c2cn(C)c3ccccc23)c1. The Kier molecular flexibility index (Phi) is 4.52. The Morgan fingerprint density at radius 2 is 1.93 bits per heavy atom. The summed E-state index contributed by atoms with van der Waals surface area (Å²) < 4.78 is 13.0. The van der Waals surface area contributed by atoms with Gasteiger partial charge in [-0.15, -0.1) is 0 Å². The molecule has 1 unspecified atom stereocenters. The molecule has 0 N–H and O–H groups in total. The van der Waals surface area contributed by atoms with Gasteiger partial charge in [-0.25, -0.2) is 0 Å². The van der Waals surface area contributed by atoms with Gasteiger partial charge >= 0.3 is 0 Å². The number of methoxy groups -OCH3 is 2. The average Bonchev–Trinajstić information content (AvgIpc) is 3.32. The van der Waals surface area contributed by atoms with Crippen LogP contribution in [0.3, 0.4) is 0 Å². The number of para-hydroxylation sites is 1. The van der Waals surface area contributed by atoms with Gasteiger partial charge in [0.05, 0.1) is 25.8 Å². The zero-order valence-corrected chi connectivity index (χ0v) is 15.9. The van der Waals surface area contributed by atoms with Gasteiger partial charge in [-0.1, -0.05) is 18.2 Å². The molecule has 0 bridgehead atoms. The zero-order chi connectivity index (χ0) is 19.0. The van der Waals surface area contributed by atoms with Crippen LogP contribution < -0.4 is 9.47 Å². The molecule has 1 atom stereocenters. The Morgan fingerprint density at radius 1 is 1.11 bits per heavy atom. The molecule has 27 heavy (non-hydrogen) atoms. The summed E-state index contributed by atoms with van der Waals surface area (Å²) in [5, 5.41) is 0.994. The molecular formula is C22H24N2O3. The molecule has 5 heteroatoms. The minimum atomic E-state index is -0.0125. The summed E-state index contributed by atoms with van der Waals surface area (Å²) in [5.74, 6) is 1.63. The van der Waals surface area contributed by atoms with Gasteiger partial charge in [0.15, 0.2) is 0 Å². The van der Waals surface area contributed by atoms with Gasteiger partial charge in [0.1, 0.15) is 11.5 Å². The number of amides is 1. The molecule has 2 heterocycles. The van der Waals surface area contributed by atoms with Crippen molar-refractivity contribution >= 4 is 16.8 Å². The number of fused-ring (bicyclic) bond motifs is 1. The number of carbonyl (C=O) groups excluding carboxylic acids is 1. The number of rotatable bonds is 4. The minimum Gasteiger partial charge on any atom is -0.497 e. The minimum absolute atomic E-state index is 0.0125. The molecule has 0 radical (unpaired) electrons. The summed E-state index contributed by atoms with van der Waals surface area (Å²) in [7, 11) is 5.29. The fourth-order valence-corrected chi connectivity index (χ4v) is 4.10. The fourth-order valence-electron chi connectivity index (χ4n) is 4.10. The topological polar surface area (TPSA) is 43.7 Å².